The molecule has 1 fully saturated rings. The number of hydrogen-bond acceptors (Lipinski definition) is 3. The van der Waals surface area contributed by atoms with E-state index in [1.54, 1.807) is 0 Å². The fourth-order valence-electron chi connectivity index (χ4n) is 3.12. The Morgan fingerprint density at radius 2 is 1.78 bits per heavy atom. The average Bonchev–Trinajstić information content (AvgIpc) is 2.64. The number of benzene rings is 1. The topological polar surface area (TPSA) is 58.6 Å². The van der Waals surface area contributed by atoms with Gasteiger partial charge in [0, 0.05) is 30.0 Å². The smallest absolute Gasteiger partial charge is 0.258 e. The Morgan fingerprint density at radius 3 is 2.30 bits per heavy atom. The van der Waals surface area contributed by atoms with Crippen LogP contribution in [0.4, 0.5) is 0 Å². The molecular weight excluding hydrogens is 387 g/mol. The van der Waals surface area contributed by atoms with Crippen LogP contribution in [0.2, 0.25) is 5.02 Å². The molecule has 0 unspecified atom stereocenters. The van der Waals surface area contributed by atoms with Crippen molar-refractivity contribution in [3.63, 3.8) is 0 Å². The Balaban J connectivity index is 1.79. The normalized spacial score (nSPS) is 15.6. The molecule has 2 amide bonds. The lowest BCUT2D eigenvalue weighted by atomic mass is 9.92. The van der Waals surface area contributed by atoms with Gasteiger partial charge < -0.3 is 15.0 Å². The van der Waals surface area contributed by atoms with Crippen molar-refractivity contribution in [1.82, 2.24) is 10.2 Å². The highest BCUT2D eigenvalue weighted by atomic mass is 35.5. The number of carbonyl (C=O) groups excluding carboxylic acids is 2. The van der Waals surface area contributed by atoms with Crippen molar-refractivity contribution in [2.45, 2.75) is 46.6 Å². The van der Waals surface area contributed by atoms with E-state index in [4.69, 9.17) is 27.9 Å². The Hall–Kier alpha value is -1.46. The van der Waals surface area contributed by atoms with E-state index in [1.165, 1.54) is 0 Å². The maximum atomic E-state index is 12.4. The van der Waals surface area contributed by atoms with Crippen LogP contribution in [0.25, 0.3) is 0 Å². The number of amides is 2. The summed E-state index contributed by atoms with van der Waals surface area (Å²) in [6.45, 7) is 8.73. The van der Waals surface area contributed by atoms with Gasteiger partial charge in [0.1, 0.15) is 5.75 Å². The van der Waals surface area contributed by atoms with Gasteiger partial charge in [-0.2, -0.15) is 0 Å². The fourth-order valence-corrected chi connectivity index (χ4v) is 3.34. The van der Waals surface area contributed by atoms with Gasteiger partial charge in [0.2, 0.25) is 5.91 Å². The van der Waals surface area contributed by atoms with Gasteiger partial charge in [-0.1, -0.05) is 11.6 Å². The second-order valence-electron chi connectivity index (χ2n) is 7.81. The van der Waals surface area contributed by atoms with Crippen molar-refractivity contribution in [3.05, 3.63) is 28.3 Å². The van der Waals surface area contributed by atoms with Gasteiger partial charge in [-0.3, -0.25) is 9.59 Å². The maximum absolute atomic E-state index is 12.4. The molecule has 0 bridgehead atoms. The molecule has 1 aliphatic rings. The lowest BCUT2D eigenvalue weighted by Gasteiger charge is -2.36. The van der Waals surface area contributed by atoms with E-state index in [0.29, 0.717) is 29.7 Å². The lowest BCUT2D eigenvalue weighted by molar-refractivity contribution is -0.140. The molecule has 1 N–H and O–H groups in total. The molecular formula is C20H28Cl2N2O3. The molecule has 27 heavy (non-hydrogen) atoms. The molecule has 5 nitrogen and oxygen atoms in total. The van der Waals surface area contributed by atoms with E-state index in [2.05, 4.69) is 5.32 Å². The molecule has 1 saturated heterocycles. The summed E-state index contributed by atoms with van der Waals surface area (Å²) in [5.41, 5.74) is 1.29. The molecule has 2 rings (SSSR count). The van der Waals surface area contributed by atoms with Crippen LogP contribution in [0.3, 0.4) is 0 Å². The molecule has 0 aromatic heterocycles. The molecule has 0 radical (unpaired) electrons. The van der Waals surface area contributed by atoms with E-state index in [1.807, 2.05) is 44.7 Å². The second-order valence-corrected chi connectivity index (χ2v) is 8.46. The van der Waals surface area contributed by atoms with Gasteiger partial charge in [0.25, 0.3) is 5.91 Å². The summed E-state index contributed by atoms with van der Waals surface area (Å²) in [6, 6.07) is 3.70. The van der Waals surface area contributed by atoms with Crippen LogP contribution < -0.4 is 10.1 Å². The first kappa shape index (κ1) is 21.8. The van der Waals surface area contributed by atoms with Crippen LogP contribution in [-0.4, -0.2) is 48.3 Å². The third kappa shape index (κ3) is 5.76. The summed E-state index contributed by atoms with van der Waals surface area (Å²) in [7, 11) is 0. The molecule has 1 aliphatic heterocycles. The average molecular weight is 415 g/mol. The van der Waals surface area contributed by atoms with E-state index in [0.717, 1.165) is 24.0 Å². The molecule has 0 atom stereocenters. The summed E-state index contributed by atoms with van der Waals surface area (Å²) in [5, 5.41) is 3.70. The number of likely N-dealkylation sites (tertiary alicyclic amines) is 1. The van der Waals surface area contributed by atoms with Gasteiger partial charge in [0.05, 0.1) is 5.41 Å². The largest absolute Gasteiger partial charge is 0.484 e. The van der Waals surface area contributed by atoms with E-state index >= 15 is 0 Å². The molecule has 7 heteroatoms. The van der Waals surface area contributed by atoms with Gasteiger partial charge >= 0.3 is 0 Å². The standard InChI is InChI=1S/C20H28Cl2N2O3/c1-13-9-16(10-14(2)18(13)22)27-11-17(25)23-15-5-7-24(8-6-15)19(26)20(3,4)12-21/h9-10,15H,5-8,11-12H2,1-4H3,(H,23,25). The lowest BCUT2D eigenvalue weighted by Crippen LogP contribution is -2.50. The van der Waals surface area contributed by atoms with Crippen molar-refractivity contribution >= 4 is 35.0 Å². The molecule has 0 spiro atoms. The van der Waals surface area contributed by atoms with Gasteiger partial charge in [-0.15, -0.1) is 11.6 Å². The van der Waals surface area contributed by atoms with Crippen LogP contribution in [0.5, 0.6) is 5.75 Å². The number of piperidine rings is 1. The van der Waals surface area contributed by atoms with Crippen LogP contribution >= 0.6 is 23.2 Å². The highest BCUT2D eigenvalue weighted by Crippen LogP contribution is 2.26. The summed E-state index contributed by atoms with van der Waals surface area (Å²) in [4.78, 5) is 26.5. The number of nitrogens with one attached hydrogen (secondary N) is 1. The quantitative estimate of drug-likeness (QED) is 0.721. The Kier molecular flexibility index (Phi) is 7.40. The Labute approximate surface area is 171 Å². The maximum Gasteiger partial charge on any atom is 0.258 e. The monoisotopic (exact) mass is 414 g/mol. The summed E-state index contributed by atoms with van der Waals surface area (Å²) in [5.74, 6) is 0.835. The predicted molar refractivity (Wildman–Crippen MR) is 109 cm³/mol. The first-order valence-electron chi connectivity index (χ1n) is 9.18. The number of rotatable bonds is 6. The summed E-state index contributed by atoms with van der Waals surface area (Å²) >= 11 is 12.0. The van der Waals surface area contributed by atoms with E-state index < -0.39 is 5.41 Å². The minimum atomic E-state index is -0.555. The fraction of sp³-hybridized carbons (Fsp3) is 0.600. The van der Waals surface area contributed by atoms with Crippen LogP contribution in [-0.2, 0) is 9.59 Å². The third-order valence-electron chi connectivity index (χ3n) is 4.84. The van der Waals surface area contributed by atoms with Crippen molar-refractivity contribution in [2.24, 2.45) is 5.41 Å². The van der Waals surface area contributed by atoms with Gasteiger partial charge in [-0.25, -0.2) is 0 Å². The summed E-state index contributed by atoms with van der Waals surface area (Å²) < 4.78 is 5.59. The summed E-state index contributed by atoms with van der Waals surface area (Å²) in [6.07, 6.45) is 1.46. The number of hydrogen-bond donors (Lipinski definition) is 1. The molecule has 1 heterocycles. The zero-order valence-electron chi connectivity index (χ0n) is 16.4. The molecule has 150 valence electrons. The van der Waals surface area contributed by atoms with E-state index in [9.17, 15) is 9.59 Å². The Bertz CT molecular complexity index is 675. The number of ether oxygens (including phenoxy) is 1. The first-order valence-corrected chi connectivity index (χ1v) is 10.1. The van der Waals surface area contributed by atoms with Crippen LogP contribution in [0.15, 0.2) is 12.1 Å². The van der Waals surface area contributed by atoms with Crippen molar-refractivity contribution in [1.29, 1.82) is 0 Å². The molecule has 1 aromatic rings. The zero-order chi connectivity index (χ0) is 20.2. The van der Waals surface area contributed by atoms with Crippen molar-refractivity contribution in [2.75, 3.05) is 25.6 Å². The molecule has 0 saturated carbocycles. The number of carbonyl (C=O) groups is 2. The zero-order valence-corrected chi connectivity index (χ0v) is 17.9. The van der Waals surface area contributed by atoms with Crippen molar-refractivity contribution < 1.29 is 14.3 Å². The SMILES string of the molecule is Cc1cc(OCC(=O)NC2CCN(C(=O)C(C)(C)CCl)CC2)cc(C)c1Cl. The molecule has 1 aromatic carbocycles. The van der Waals surface area contributed by atoms with Crippen LogP contribution in [0.1, 0.15) is 37.8 Å². The highest BCUT2D eigenvalue weighted by Gasteiger charge is 2.33. The van der Waals surface area contributed by atoms with Crippen molar-refractivity contribution in [3.8, 4) is 5.75 Å². The number of aryl methyl sites for hydroxylation is 2. The van der Waals surface area contributed by atoms with E-state index in [-0.39, 0.29) is 24.5 Å². The highest BCUT2D eigenvalue weighted by molar-refractivity contribution is 6.32. The van der Waals surface area contributed by atoms with Gasteiger partial charge in [-0.05, 0) is 63.8 Å². The number of alkyl halides is 1. The first-order chi connectivity index (χ1) is 12.6. The van der Waals surface area contributed by atoms with Gasteiger partial charge in [0.15, 0.2) is 6.61 Å². The predicted octanol–water partition coefficient (Wildman–Crippen LogP) is 3.71. The minimum absolute atomic E-state index is 0.0427. The van der Waals surface area contributed by atoms with Crippen LogP contribution in [0, 0.1) is 19.3 Å². The second kappa shape index (κ2) is 9.16. The minimum Gasteiger partial charge on any atom is -0.484 e. The third-order valence-corrected chi connectivity index (χ3v) is 6.10. The molecule has 0 aliphatic carbocycles. The number of nitrogens with zero attached hydrogens (tertiary/aromatic N) is 1. The number of halogens is 2. The Morgan fingerprint density at radius 1 is 1.22 bits per heavy atom.